The Morgan fingerprint density at radius 2 is 1.58 bits per heavy atom. The second-order valence-electron chi connectivity index (χ2n) is 9.40. The Labute approximate surface area is 188 Å². The molecule has 1 aliphatic heterocycles. The number of hydrogen-bond donors (Lipinski definition) is 0. The Kier molecular flexibility index (Phi) is 7.90. The van der Waals surface area contributed by atoms with Crippen LogP contribution in [0.25, 0.3) is 0 Å². The second-order valence-corrected chi connectivity index (χ2v) is 13.7. The number of hydrogen-bond acceptors (Lipinski definition) is 3. The average Bonchev–Trinajstić information content (AvgIpc) is 3.11. The van der Waals surface area contributed by atoms with E-state index in [0.717, 1.165) is 12.8 Å². The van der Waals surface area contributed by atoms with Crippen molar-refractivity contribution < 1.29 is 14.0 Å². The van der Waals surface area contributed by atoms with Crippen molar-refractivity contribution in [3.8, 4) is 0 Å². The molecule has 31 heavy (non-hydrogen) atoms. The minimum absolute atomic E-state index is 0.128. The summed E-state index contributed by atoms with van der Waals surface area (Å²) in [5, 5.41) is 2.31. The number of esters is 1. The quantitative estimate of drug-likeness (QED) is 0.229. The van der Waals surface area contributed by atoms with Gasteiger partial charge in [0.2, 0.25) is 0 Å². The van der Waals surface area contributed by atoms with Crippen LogP contribution in [-0.4, -0.2) is 26.5 Å². The highest BCUT2D eigenvalue weighted by Gasteiger charge is 2.53. The van der Waals surface area contributed by atoms with Gasteiger partial charge in [-0.2, -0.15) is 0 Å². The van der Waals surface area contributed by atoms with E-state index in [1.165, 1.54) is 23.2 Å². The Hall–Kier alpha value is -2.17. The fraction of sp³-hybridized carbons (Fsp3) is 0.444. The second kappa shape index (κ2) is 10.4. The minimum atomic E-state index is -2.71. The zero-order chi connectivity index (χ0) is 22.3. The average molecular weight is 437 g/mol. The molecule has 0 saturated carbocycles. The third-order valence-electron chi connectivity index (χ3n) is 6.05. The van der Waals surface area contributed by atoms with Crippen LogP contribution >= 0.6 is 0 Å². The molecular formula is C27H36O3Si. The van der Waals surface area contributed by atoms with Gasteiger partial charge < -0.3 is 9.16 Å². The topological polar surface area (TPSA) is 35.5 Å². The molecule has 2 aromatic carbocycles. The normalized spacial score (nSPS) is 19.7. The molecule has 0 aromatic heterocycles. The van der Waals surface area contributed by atoms with Gasteiger partial charge in [0.05, 0.1) is 12.5 Å². The molecule has 1 heterocycles. The lowest BCUT2D eigenvalue weighted by atomic mass is 10.1. The molecule has 3 rings (SSSR count). The molecule has 1 fully saturated rings. The van der Waals surface area contributed by atoms with Crippen molar-refractivity contribution in [3.63, 3.8) is 0 Å². The molecule has 166 valence electrons. The van der Waals surface area contributed by atoms with Crippen molar-refractivity contribution in [3.05, 3.63) is 72.8 Å². The van der Waals surface area contributed by atoms with Crippen LogP contribution in [0.5, 0.6) is 0 Å². The number of benzene rings is 2. The first-order valence-corrected chi connectivity index (χ1v) is 13.4. The van der Waals surface area contributed by atoms with Crippen LogP contribution in [0.4, 0.5) is 0 Å². The van der Waals surface area contributed by atoms with Crippen molar-refractivity contribution in [2.75, 3.05) is 0 Å². The van der Waals surface area contributed by atoms with Crippen molar-refractivity contribution in [1.82, 2.24) is 0 Å². The molecule has 0 unspecified atom stereocenters. The fourth-order valence-corrected chi connectivity index (χ4v) is 9.18. The van der Waals surface area contributed by atoms with Crippen molar-refractivity contribution >= 4 is 24.7 Å². The summed E-state index contributed by atoms with van der Waals surface area (Å²) in [6.07, 6.45) is 8.49. The standard InChI is InChI=1S/C27H36O3Si/c1-5-6-7-8-15-20-24-25(21-26(28)29-24)30-31(27(2,3)4,22-16-11-9-12-17-22)23-18-13-10-14-19-23/h9-20,24-25H,5-8,21H2,1-4H3/b20-15+/t24-,25-/m0/s1. The third-order valence-corrected chi connectivity index (χ3v) is 11.1. The zero-order valence-corrected chi connectivity index (χ0v) is 20.3. The molecule has 0 amide bonds. The van der Waals surface area contributed by atoms with Gasteiger partial charge in [0.15, 0.2) is 0 Å². The number of unbranched alkanes of at least 4 members (excludes halogenated alkanes) is 3. The van der Waals surface area contributed by atoms with Gasteiger partial charge in [-0.25, -0.2) is 0 Å². The van der Waals surface area contributed by atoms with E-state index in [0.29, 0.717) is 6.42 Å². The Morgan fingerprint density at radius 3 is 2.10 bits per heavy atom. The predicted molar refractivity (Wildman–Crippen MR) is 130 cm³/mol. The smallest absolute Gasteiger partial charge is 0.309 e. The Balaban J connectivity index is 1.99. The van der Waals surface area contributed by atoms with E-state index in [-0.39, 0.29) is 23.2 Å². The number of cyclic esters (lactones) is 1. The van der Waals surface area contributed by atoms with Crippen LogP contribution in [0, 0.1) is 0 Å². The van der Waals surface area contributed by atoms with Gasteiger partial charge >= 0.3 is 5.97 Å². The number of allylic oxidation sites excluding steroid dienone is 1. The fourth-order valence-electron chi connectivity index (χ4n) is 4.49. The maximum atomic E-state index is 12.3. The van der Waals surface area contributed by atoms with Gasteiger partial charge in [0, 0.05) is 0 Å². The maximum absolute atomic E-state index is 12.3. The highest BCUT2D eigenvalue weighted by Crippen LogP contribution is 2.39. The van der Waals surface area contributed by atoms with Crippen molar-refractivity contribution in [1.29, 1.82) is 0 Å². The molecule has 0 spiro atoms. The molecule has 1 aliphatic rings. The van der Waals surface area contributed by atoms with Crippen molar-refractivity contribution in [2.45, 2.75) is 77.0 Å². The van der Waals surface area contributed by atoms with Crippen molar-refractivity contribution in [2.24, 2.45) is 0 Å². The van der Waals surface area contributed by atoms with Crippen LogP contribution in [0.2, 0.25) is 5.04 Å². The van der Waals surface area contributed by atoms with Gasteiger partial charge in [-0.1, -0.05) is 107 Å². The van der Waals surface area contributed by atoms with Gasteiger partial charge in [-0.15, -0.1) is 0 Å². The van der Waals surface area contributed by atoms with Crippen LogP contribution < -0.4 is 10.4 Å². The van der Waals surface area contributed by atoms with E-state index >= 15 is 0 Å². The molecule has 2 aromatic rings. The van der Waals surface area contributed by atoms with Crippen LogP contribution in [0.1, 0.15) is 59.8 Å². The monoisotopic (exact) mass is 436 g/mol. The molecule has 0 bridgehead atoms. The van der Waals surface area contributed by atoms with Crippen LogP contribution in [0.3, 0.4) is 0 Å². The first-order chi connectivity index (χ1) is 14.9. The molecule has 0 N–H and O–H groups in total. The summed E-state index contributed by atoms with van der Waals surface area (Å²) >= 11 is 0. The number of carbonyl (C=O) groups is 1. The van der Waals surface area contributed by atoms with Gasteiger partial charge in [0.25, 0.3) is 8.32 Å². The summed E-state index contributed by atoms with van der Waals surface area (Å²) in [6, 6.07) is 21.1. The highest BCUT2D eigenvalue weighted by molar-refractivity contribution is 6.99. The maximum Gasteiger partial charge on any atom is 0.309 e. The lowest BCUT2D eigenvalue weighted by molar-refractivity contribution is -0.140. The summed E-state index contributed by atoms with van der Waals surface area (Å²) < 4.78 is 12.8. The summed E-state index contributed by atoms with van der Waals surface area (Å²) in [7, 11) is -2.71. The lowest BCUT2D eigenvalue weighted by Crippen LogP contribution is -2.68. The molecule has 2 atom stereocenters. The largest absolute Gasteiger partial charge is 0.455 e. The third kappa shape index (κ3) is 5.36. The molecule has 3 nitrogen and oxygen atoms in total. The number of carbonyl (C=O) groups excluding carboxylic acids is 1. The molecule has 0 aliphatic carbocycles. The Bertz CT molecular complexity index is 816. The van der Waals surface area contributed by atoms with E-state index in [1.807, 2.05) is 18.2 Å². The molecule has 0 radical (unpaired) electrons. The van der Waals surface area contributed by atoms with Gasteiger partial charge in [0.1, 0.15) is 6.10 Å². The Morgan fingerprint density at radius 1 is 1.00 bits per heavy atom. The summed E-state index contributed by atoms with van der Waals surface area (Å²) in [5.74, 6) is -0.175. The first-order valence-electron chi connectivity index (χ1n) is 11.5. The molecule has 1 saturated heterocycles. The number of ether oxygens (including phenoxy) is 1. The SMILES string of the molecule is CCCCC/C=C/[C@@H]1OC(=O)C[C@@H]1O[Si](c1ccccc1)(c1ccccc1)C(C)(C)C. The van der Waals surface area contributed by atoms with Gasteiger partial charge in [-0.05, 0) is 34.3 Å². The summed E-state index contributed by atoms with van der Waals surface area (Å²) in [5.41, 5.74) is 0. The zero-order valence-electron chi connectivity index (χ0n) is 19.3. The molecule has 4 heteroatoms. The van der Waals surface area contributed by atoms with Crippen LogP contribution in [0.15, 0.2) is 72.8 Å². The van der Waals surface area contributed by atoms with E-state index < -0.39 is 8.32 Å². The molecular weight excluding hydrogens is 400 g/mol. The predicted octanol–water partition coefficient (Wildman–Crippen LogP) is 5.38. The lowest BCUT2D eigenvalue weighted by Gasteiger charge is -2.44. The number of rotatable bonds is 9. The highest BCUT2D eigenvalue weighted by atomic mass is 28.4. The summed E-state index contributed by atoms with van der Waals surface area (Å²) in [6.45, 7) is 8.97. The first kappa shape index (κ1) is 23.5. The van der Waals surface area contributed by atoms with E-state index in [1.54, 1.807) is 0 Å². The van der Waals surface area contributed by atoms with E-state index in [4.69, 9.17) is 9.16 Å². The minimum Gasteiger partial charge on any atom is -0.455 e. The van der Waals surface area contributed by atoms with E-state index in [2.05, 4.69) is 82.3 Å². The van der Waals surface area contributed by atoms with Crippen LogP contribution in [-0.2, 0) is 14.0 Å². The summed E-state index contributed by atoms with van der Waals surface area (Å²) in [4.78, 5) is 12.3. The van der Waals surface area contributed by atoms with E-state index in [9.17, 15) is 4.79 Å². The van der Waals surface area contributed by atoms with Gasteiger partial charge in [-0.3, -0.25) is 4.79 Å².